The summed E-state index contributed by atoms with van der Waals surface area (Å²) in [6.07, 6.45) is 7.11. The second-order valence-electron chi connectivity index (χ2n) is 7.55. The Kier molecular flexibility index (Phi) is 5.41. The molecular formula is C21H25FN4O2. The van der Waals surface area contributed by atoms with Crippen LogP contribution in [0.25, 0.3) is 5.69 Å². The van der Waals surface area contributed by atoms with Crippen LogP contribution in [0.4, 0.5) is 4.39 Å². The highest BCUT2D eigenvalue weighted by atomic mass is 19.1. The number of fused-ring (bicyclic) bond motifs is 1. The normalized spacial score (nSPS) is 16.2. The fourth-order valence-corrected chi connectivity index (χ4v) is 4.19. The van der Waals surface area contributed by atoms with Crippen LogP contribution in [-0.4, -0.2) is 34.2 Å². The molecule has 0 bridgehead atoms. The molecule has 2 aromatic rings. The number of amides is 2. The number of benzene rings is 1. The Bertz CT molecular complexity index is 887. The van der Waals surface area contributed by atoms with Gasteiger partial charge in [0.05, 0.1) is 0 Å². The van der Waals surface area contributed by atoms with E-state index in [2.05, 4.69) is 15.7 Å². The van der Waals surface area contributed by atoms with E-state index in [-0.39, 0.29) is 36.6 Å². The second-order valence-corrected chi connectivity index (χ2v) is 7.55. The molecule has 28 heavy (non-hydrogen) atoms. The molecule has 1 heterocycles. The summed E-state index contributed by atoms with van der Waals surface area (Å²) in [5, 5.41) is 10.2. The summed E-state index contributed by atoms with van der Waals surface area (Å²) in [5.74, 6) is -0.702. The lowest BCUT2D eigenvalue weighted by molar-refractivity contribution is -0.121. The molecule has 1 aromatic heterocycles. The average molecular weight is 384 g/mol. The zero-order valence-electron chi connectivity index (χ0n) is 15.8. The minimum absolute atomic E-state index is 0.0330. The van der Waals surface area contributed by atoms with Gasteiger partial charge in [0, 0.05) is 30.3 Å². The van der Waals surface area contributed by atoms with Crippen LogP contribution in [0.1, 0.15) is 60.3 Å². The van der Waals surface area contributed by atoms with Crippen LogP contribution in [-0.2, 0) is 17.6 Å². The highest BCUT2D eigenvalue weighted by molar-refractivity contribution is 5.94. The van der Waals surface area contributed by atoms with Crippen LogP contribution < -0.4 is 10.6 Å². The smallest absolute Gasteiger partial charge is 0.272 e. The van der Waals surface area contributed by atoms with Crippen molar-refractivity contribution in [1.82, 2.24) is 20.4 Å². The van der Waals surface area contributed by atoms with Crippen LogP contribution in [0.2, 0.25) is 0 Å². The van der Waals surface area contributed by atoms with Crippen molar-refractivity contribution in [1.29, 1.82) is 0 Å². The molecule has 0 aliphatic heterocycles. The van der Waals surface area contributed by atoms with Crippen molar-refractivity contribution in [2.75, 3.05) is 6.54 Å². The Labute approximate surface area is 163 Å². The molecule has 2 N–H and O–H groups in total. The lowest BCUT2D eigenvalue weighted by Crippen LogP contribution is -2.35. The van der Waals surface area contributed by atoms with Crippen molar-refractivity contribution >= 4 is 11.8 Å². The van der Waals surface area contributed by atoms with E-state index >= 15 is 0 Å². The SMILES string of the molecule is O=C(CCNC(=O)c1nn(-c2ccccc2F)c2c1CCC2)NC1CCCC1. The van der Waals surface area contributed by atoms with E-state index in [0.717, 1.165) is 56.2 Å². The number of hydrogen-bond acceptors (Lipinski definition) is 3. The summed E-state index contributed by atoms with van der Waals surface area (Å²) >= 11 is 0. The van der Waals surface area contributed by atoms with Crippen molar-refractivity contribution in [3.05, 3.63) is 47.0 Å². The molecule has 6 nitrogen and oxygen atoms in total. The number of para-hydroxylation sites is 1. The average Bonchev–Trinajstić information content (AvgIpc) is 3.40. The Hall–Kier alpha value is -2.70. The van der Waals surface area contributed by atoms with Crippen molar-refractivity contribution in [2.24, 2.45) is 0 Å². The Balaban J connectivity index is 1.41. The van der Waals surface area contributed by atoms with E-state index in [9.17, 15) is 14.0 Å². The number of rotatable bonds is 6. The van der Waals surface area contributed by atoms with Gasteiger partial charge in [0.25, 0.3) is 5.91 Å². The number of carbonyl (C=O) groups excluding carboxylic acids is 2. The molecule has 1 saturated carbocycles. The van der Waals surface area contributed by atoms with Gasteiger partial charge in [-0.1, -0.05) is 25.0 Å². The number of aromatic nitrogens is 2. The maximum absolute atomic E-state index is 14.2. The van der Waals surface area contributed by atoms with Gasteiger partial charge >= 0.3 is 0 Å². The number of hydrogen-bond donors (Lipinski definition) is 2. The van der Waals surface area contributed by atoms with E-state index in [4.69, 9.17) is 0 Å². The second kappa shape index (κ2) is 8.12. The lowest BCUT2D eigenvalue weighted by Gasteiger charge is -2.11. The minimum atomic E-state index is -0.366. The maximum atomic E-state index is 14.2. The summed E-state index contributed by atoms with van der Waals surface area (Å²) < 4.78 is 15.8. The first-order chi connectivity index (χ1) is 13.6. The van der Waals surface area contributed by atoms with E-state index in [1.165, 1.54) is 6.07 Å². The topological polar surface area (TPSA) is 76.0 Å². The van der Waals surface area contributed by atoms with Crippen molar-refractivity contribution in [2.45, 2.75) is 57.4 Å². The molecule has 1 fully saturated rings. The van der Waals surface area contributed by atoms with Gasteiger partial charge in [-0.15, -0.1) is 0 Å². The van der Waals surface area contributed by atoms with Crippen molar-refractivity contribution < 1.29 is 14.0 Å². The zero-order valence-corrected chi connectivity index (χ0v) is 15.8. The lowest BCUT2D eigenvalue weighted by atomic mass is 10.2. The van der Waals surface area contributed by atoms with Crippen LogP contribution >= 0.6 is 0 Å². The van der Waals surface area contributed by atoms with Crippen LogP contribution in [0.5, 0.6) is 0 Å². The van der Waals surface area contributed by atoms with Gasteiger partial charge in [0.15, 0.2) is 5.69 Å². The molecule has 4 rings (SSSR count). The summed E-state index contributed by atoms with van der Waals surface area (Å²) in [4.78, 5) is 24.7. The largest absolute Gasteiger partial charge is 0.353 e. The van der Waals surface area contributed by atoms with Crippen LogP contribution in [0, 0.1) is 5.82 Å². The molecule has 148 valence electrons. The van der Waals surface area contributed by atoms with Gasteiger partial charge < -0.3 is 10.6 Å². The third-order valence-electron chi connectivity index (χ3n) is 5.58. The monoisotopic (exact) mass is 384 g/mol. The first-order valence-corrected chi connectivity index (χ1v) is 10.1. The third-order valence-corrected chi connectivity index (χ3v) is 5.58. The number of nitrogens with zero attached hydrogens (tertiary/aromatic N) is 2. The molecule has 0 saturated heterocycles. The quantitative estimate of drug-likeness (QED) is 0.804. The van der Waals surface area contributed by atoms with Gasteiger partial charge in [0.1, 0.15) is 11.5 Å². The molecule has 0 atom stereocenters. The van der Waals surface area contributed by atoms with Gasteiger partial charge in [0.2, 0.25) is 5.91 Å². The van der Waals surface area contributed by atoms with Crippen LogP contribution in [0.15, 0.2) is 24.3 Å². The highest BCUT2D eigenvalue weighted by Gasteiger charge is 2.27. The molecule has 0 unspecified atom stereocenters. The number of halogens is 1. The Morgan fingerprint density at radius 3 is 2.71 bits per heavy atom. The van der Waals surface area contributed by atoms with E-state index in [1.807, 2.05) is 0 Å². The molecular weight excluding hydrogens is 359 g/mol. The molecule has 7 heteroatoms. The molecule has 0 spiro atoms. The van der Waals surface area contributed by atoms with Gasteiger partial charge in [-0.05, 0) is 44.2 Å². The number of carbonyl (C=O) groups is 2. The van der Waals surface area contributed by atoms with Gasteiger partial charge in [-0.2, -0.15) is 5.10 Å². The standard InChI is InChI=1S/C21H25FN4O2/c22-16-9-3-4-10-18(16)26-17-11-5-8-15(17)20(25-26)21(28)23-13-12-19(27)24-14-6-1-2-7-14/h3-4,9-10,14H,1-2,5-8,11-13H2,(H,23,28)(H,24,27). The molecule has 2 aliphatic carbocycles. The molecule has 2 amide bonds. The summed E-state index contributed by atoms with van der Waals surface area (Å²) in [6.45, 7) is 0.263. The van der Waals surface area contributed by atoms with Gasteiger partial charge in [-0.3, -0.25) is 9.59 Å². The summed E-state index contributed by atoms with van der Waals surface area (Å²) in [5.41, 5.74) is 2.48. The maximum Gasteiger partial charge on any atom is 0.272 e. The van der Waals surface area contributed by atoms with Crippen LogP contribution in [0.3, 0.4) is 0 Å². The first kappa shape index (κ1) is 18.7. The third kappa shape index (κ3) is 3.79. The first-order valence-electron chi connectivity index (χ1n) is 10.1. The Morgan fingerprint density at radius 2 is 1.93 bits per heavy atom. The fourth-order valence-electron chi connectivity index (χ4n) is 4.19. The predicted octanol–water partition coefficient (Wildman–Crippen LogP) is 2.68. The summed E-state index contributed by atoms with van der Waals surface area (Å²) in [6, 6.07) is 6.72. The Morgan fingerprint density at radius 1 is 1.14 bits per heavy atom. The minimum Gasteiger partial charge on any atom is -0.353 e. The van der Waals surface area contributed by atoms with E-state index in [0.29, 0.717) is 11.4 Å². The molecule has 1 aromatic carbocycles. The highest BCUT2D eigenvalue weighted by Crippen LogP contribution is 2.28. The molecule has 0 radical (unpaired) electrons. The predicted molar refractivity (Wildman–Crippen MR) is 103 cm³/mol. The zero-order chi connectivity index (χ0) is 19.5. The van der Waals surface area contributed by atoms with Crippen molar-refractivity contribution in [3.63, 3.8) is 0 Å². The number of nitrogens with one attached hydrogen (secondary N) is 2. The molecule has 2 aliphatic rings. The van der Waals surface area contributed by atoms with Crippen molar-refractivity contribution in [3.8, 4) is 5.69 Å². The van der Waals surface area contributed by atoms with Gasteiger partial charge in [-0.25, -0.2) is 9.07 Å². The van der Waals surface area contributed by atoms with E-state index in [1.54, 1.807) is 22.9 Å². The van der Waals surface area contributed by atoms with E-state index < -0.39 is 0 Å². The fraction of sp³-hybridized carbons (Fsp3) is 0.476. The summed E-state index contributed by atoms with van der Waals surface area (Å²) in [7, 11) is 0.